The molecule has 2 rings (SSSR count). The molecule has 0 heterocycles. The van der Waals surface area contributed by atoms with Crippen LogP contribution in [0.3, 0.4) is 0 Å². The van der Waals surface area contributed by atoms with E-state index in [0.717, 1.165) is 11.3 Å². The minimum absolute atomic E-state index is 0.0973. The molecule has 2 aromatic carbocycles. The average molecular weight is 377 g/mol. The molecule has 0 spiro atoms. The number of methoxy groups -OCH3 is 1. The van der Waals surface area contributed by atoms with Crippen molar-refractivity contribution in [3.05, 3.63) is 53.1 Å². The first-order chi connectivity index (χ1) is 12.4. The number of likely N-dealkylation sites (N-methyl/N-ethyl adjacent to an activating group) is 1. The van der Waals surface area contributed by atoms with E-state index in [1.165, 1.54) is 0 Å². The minimum atomic E-state index is -0.143. The summed E-state index contributed by atoms with van der Waals surface area (Å²) in [4.78, 5) is 14.3. The number of halogens is 1. The Morgan fingerprint density at radius 3 is 2.62 bits per heavy atom. The van der Waals surface area contributed by atoms with Crippen molar-refractivity contribution in [3.63, 3.8) is 0 Å². The van der Waals surface area contributed by atoms with Gasteiger partial charge >= 0.3 is 0 Å². The summed E-state index contributed by atoms with van der Waals surface area (Å²) < 4.78 is 11.1. The van der Waals surface area contributed by atoms with Crippen molar-refractivity contribution in [3.8, 4) is 11.5 Å². The van der Waals surface area contributed by atoms with E-state index in [0.29, 0.717) is 23.0 Å². The zero-order chi connectivity index (χ0) is 19.1. The van der Waals surface area contributed by atoms with E-state index in [1.54, 1.807) is 25.3 Å². The SMILES string of the molecule is COc1ccc(Cl)cc1NC(=O)CN(C)Cc1ccccc1OC(C)C. The highest BCUT2D eigenvalue weighted by Gasteiger charge is 2.13. The van der Waals surface area contributed by atoms with Crippen molar-refractivity contribution in [1.82, 2.24) is 4.90 Å². The van der Waals surface area contributed by atoms with Crippen LogP contribution in [0.4, 0.5) is 5.69 Å². The number of hydrogen-bond donors (Lipinski definition) is 1. The van der Waals surface area contributed by atoms with Gasteiger partial charge in [0.05, 0.1) is 25.4 Å². The molecule has 5 nitrogen and oxygen atoms in total. The summed E-state index contributed by atoms with van der Waals surface area (Å²) in [6.07, 6.45) is 0.0973. The van der Waals surface area contributed by atoms with Gasteiger partial charge < -0.3 is 14.8 Å². The third-order valence-electron chi connectivity index (χ3n) is 3.62. The quantitative estimate of drug-likeness (QED) is 0.749. The van der Waals surface area contributed by atoms with Gasteiger partial charge in [-0.2, -0.15) is 0 Å². The van der Waals surface area contributed by atoms with Crippen LogP contribution in [-0.2, 0) is 11.3 Å². The molecule has 0 unspecified atom stereocenters. The molecule has 0 saturated carbocycles. The van der Waals surface area contributed by atoms with Crippen LogP contribution >= 0.6 is 11.6 Å². The highest BCUT2D eigenvalue weighted by Crippen LogP contribution is 2.27. The van der Waals surface area contributed by atoms with Gasteiger partial charge in [-0.15, -0.1) is 0 Å². The molecule has 0 radical (unpaired) electrons. The molecule has 2 aromatic rings. The van der Waals surface area contributed by atoms with Crippen LogP contribution in [0.2, 0.25) is 5.02 Å². The molecule has 0 aromatic heterocycles. The van der Waals surface area contributed by atoms with Crippen molar-refractivity contribution >= 4 is 23.2 Å². The zero-order valence-electron chi connectivity index (χ0n) is 15.6. The Morgan fingerprint density at radius 2 is 1.92 bits per heavy atom. The summed E-state index contributed by atoms with van der Waals surface area (Å²) in [6, 6.07) is 13.0. The number of anilines is 1. The fourth-order valence-corrected chi connectivity index (χ4v) is 2.73. The summed E-state index contributed by atoms with van der Waals surface area (Å²) in [7, 11) is 3.44. The maximum absolute atomic E-state index is 12.4. The van der Waals surface area contributed by atoms with Crippen LogP contribution < -0.4 is 14.8 Å². The van der Waals surface area contributed by atoms with E-state index in [2.05, 4.69) is 5.32 Å². The number of ether oxygens (including phenoxy) is 2. The number of carbonyl (C=O) groups excluding carboxylic acids is 1. The molecule has 0 saturated heterocycles. The molecule has 0 aliphatic rings. The van der Waals surface area contributed by atoms with E-state index in [1.807, 2.05) is 50.1 Å². The van der Waals surface area contributed by atoms with Crippen molar-refractivity contribution in [2.24, 2.45) is 0 Å². The lowest BCUT2D eigenvalue weighted by atomic mass is 10.2. The zero-order valence-corrected chi connectivity index (χ0v) is 16.3. The molecular weight excluding hydrogens is 352 g/mol. The van der Waals surface area contributed by atoms with Gasteiger partial charge in [-0.25, -0.2) is 0 Å². The van der Waals surface area contributed by atoms with Gasteiger partial charge in [-0.3, -0.25) is 9.69 Å². The molecule has 0 aliphatic heterocycles. The standard InChI is InChI=1S/C20H25ClN2O3/c1-14(2)26-18-8-6-5-7-15(18)12-23(3)13-20(24)22-17-11-16(21)9-10-19(17)25-4/h5-11,14H,12-13H2,1-4H3,(H,22,24). The first kappa shape index (κ1) is 20.1. The summed E-state index contributed by atoms with van der Waals surface area (Å²) in [6.45, 7) is 4.81. The van der Waals surface area contributed by atoms with E-state index in [9.17, 15) is 4.79 Å². The minimum Gasteiger partial charge on any atom is -0.495 e. The summed E-state index contributed by atoms with van der Waals surface area (Å²) >= 11 is 6.00. The number of carbonyl (C=O) groups is 1. The largest absolute Gasteiger partial charge is 0.495 e. The molecule has 0 atom stereocenters. The number of para-hydroxylation sites is 1. The maximum Gasteiger partial charge on any atom is 0.238 e. The van der Waals surface area contributed by atoms with Gasteiger partial charge in [0.1, 0.15) is 11.5 Å². The number of nitrogens with zero attached hydrogens (tertiary/aromatic N) is 1. The van der Waals surface area contributed by atoms with E-state index in [4.69, 9.17) is 21.1 Å². The highest BCUT2D eigenvalue weighted by atomic mass is 35.5. The van der Waals surface area contributed by atoms with E-state index < -0.39 is 0 Å². The van der Waals surface area contributed by atoms with Crippen molar-refractivity contribution in [2.75, 3.05) is 26.0 Å². The normalized spacial score (nSPS) is 10.9. The molecule has 1 amide bonds. The fraction of sp³-hybridized carbons (Fsp3) is 0.350. The average Bonchev–Trinajstić information content (AvgIpc) is 2.56. The van der Waals surface area contributed by atoms with Gasteiger partial charge in [0, 0.05) is 17.1 Å². The second-order valence-corrected chi connectivity index (χ2v) is 6.78. The molecule has 6 heteroatoms. The Morgan fingerprint density at radius 1 is 1.19 bits per heavy atom. The van der Waals surface area contributed by atoms with Crippen LogP contribution in [0.1, 0.15) is 19.4 Å². The molecule has 0 fully saturated rings. The third kappa shape index (κ3) is 5.93. The van der Waals surface area contributed by atoms with Gasteiger partial charge in [0.2, 0.25) is 5.91 Å². The van der Waals surface area contributed by atoms with Gasteiger partial charge in [-0.05, 0) is 45.2 Å². The lowest BCUT2D eigenvalue weighted by molar-refractivity contribution is -0.117. The topological polar surface area (TPSA) is 50.8 Å². The van der Waals surface area contributed by atoms with Gasteiger partial charge in [0.15, 0.2) is 0 Å². The molecular formula is C20H25ClN2O3. The summed E-state index contributed by atoms with van der Waals surface area (Å²) in [5.74, 6) is 1.27. The van der Waals surface area contributed by atoms with Crippen LogP contribution in [-0.4, -0.2) is 37.6 Å². The summed E-state index contributed by atoms with van der Waals surface area (Å²) in [5.41, 5.74) is 1.60. The fourth-order valence-electron chi connectivity index (χ4n) is 2.56. The van der Waals surface area contributed by atoms with Crippen LogP contribution in [0, 0.1) is 0 Å². The number of amides is 1. The second-order valence-electron chi connectivity index (χ2n) is 6.34. The van der Waals surface area contributed by atoms with Gasteiger partial charge in [-0.1, -0.05) is 29.8 Å². The predicted octanol–water partition coefficient (Wildman–Crippen LogP) is 4.21. The first-order valence-electron chi connectivity index (χ1n) is 8.45. The first-order valence-corrected chi connectivity index (χ1v) is 8.83. The monoisotopic (exact) mass is 376 g/mol. The van der Waals surface area contributed by atoms with Crippen LogP contribution in [0.25, 0.3) is 0 Å². The highest BCUT2D eigenvalue weighted by molar-refractivity contribution is 6.31. The number of hydrogen-bond acceptors (Lipinski definition) is 4. The molecule has 140 valence electrons. The smallest absolute Gasteiger partial charge is 0.238 e. The maximum atomic E-state index is 12.4. The molecule has 26 heavy (non-hydrogen) atoms. The summed E-state index contributed by atoms with van der Waals surface area (Å²) in [5, 5.41) is 3.38. The Labute approximate surface area is 159 Å². The van der Waals surface area contributed by atoms with Gasteiger partial charge in [0.25, 0.3) is 0 Å². The Kier molecular flexibility index (Phi) is 7.30. The van der Waals surface area contributed by atoms with Crippen molar-refractivity contribution in [2.45, 2.75) is 26.5 Å². The molecule has 0 aliphatic carbocycles. The van der Waals surface area contributed by atoms with Crippen molar-refractivity contribution < 1.29 is 14.3 Å². The van der Waals surface area contributed by atoms with Crippen molar-refractivity contribution in [1.29, 1.82) is 0 Å². The Balaban J connectivity index is 1.99. The van der Waals surface area contributed by atoms with E-state index >= 15 is 0 Å². The van der Waals surface area contributed by atoms with Crippen LogP contribution in [0.5, 0.6) is 11.5 Å². The lowest BCUT2D eigenvalue weighted by Crippen LogP contribution is -2.30. The number of nitrogens with one attached hydrogen (secondary N) is 1. The Hall–Kier alpha value is -2.24. The predicted molar refractivity (Wildman–Crippen MR) is 105 cm³/mol. The third-order valence-corrected chi connectivity index (χ3v) is 3.86. The number of rotatable bonds is 8. The Bertz CT molecular complexity index is 750. The molecule has 1 N–H and O–H groups in total. The van der Waals surface area contributed by atoms with Crippen LogP contribution in [0.15, 0.2) is 42.5 Å². The number of benzene rings is 2. The second kappa shape index (κ2) is 9.46. The van der Waals surface area contributed by atoms with E-state index in [-0.39, 0.29) is 18.6 Å². The lowest BCUT2D eigenvalue weighted by Gasteiger charge is -2.20. The molecule has 0 bridgehead atoms.